The second-order valence-corrected chi connectivity index (χ2v) is 6.91. The normalized spacial score (nSPS) is 31.9. The SMILES string of the molecule is C[C@@H]1C[C@@H]1C(=O)N1CC2(C1)OCC[C@@H]2COc1cccnc1. The maximum atomic E-state index is 12.3. The first kappa shape index (κ1) is 14.0. The molecule has 0 bridgehead atoms. The number of hydrogen-bond acceptors (Lipinski definition) is 4. The van der Waals surface area contributed by atoms with Gasteiger partial charge in [-0.25, -0.2) is 0 Å². The molecule has 1 spiro atoms. The lowest BCUT2D eigenvalue weighted by Crippen LogP contribution is -2.67. The summed E-state index contributed by atoms with van der Waals surface area (Å²) < 4.78 is 11.8. The number of pyridine rings is 1. The molecule has 118 valence electrons. The van der Waals surface area contributed by atoms with E-state index < -0.39 is 0 Å². The number of likely N-dealkylation sites (tertiary alicyclic amines) is 1. The Labute approximate surface area is 130 Å². The van der Waals surface area contributed by atoms with Crippen LogP contribution in [0.15, 0.2) is 24.5 Å². The van der Waals surface area contributed by atoms with Crippen molar-refractivity contribution in [3.8, 4) is 5.75 Å². The Morgan fingerprint density at radius 3 is 3.05 bits per heavy atom. The molecular formula is C17H22N2O3. The van der Waals surface area contributed by atoms with E-state index in [2.05, 4.69) is 11.9 Å². The molecule has 2 saturated heterocycles. The van der Waals surface area contributed by atoms with Crippen LogP contribution in [0.1, 0.15) is 19.8 Å². The van der Waals surface area contributed by atoms with E-state index in [0.717, 1.165) is 38.3 Å². The lowest BCUT2D eigenvalue weighted by Gasteiger charge is -2.50. The van der Waals surface area contributed by atoms with Gasteiger partial charge in [-0.3, -0.25) is 9.78 Å². The number of nitrogens with zero attached hydrogens (tertiary/aromatic N) is 2. The highest BCUT2D eigenvalue weighted by atomic mass is 16.5. The Balaban J connectivity index is 1.33. The van der Waals surface area contributed by atoms with E-state index in [9.17, 15) is 4.79 Å². The van der Waals surface area contributed by atoms with Crippen LogP contribution in [0.25, 0.3) is 0 Å². The number of ether oxygens (including phenoxy) is 2. The fourth-order valence-electron chi connectivity index (χ4n) is 3.66. The number of hydrogen-bond donors (Lipinski definition) is 0. The minimum atomic E-state index is -0.171. The molecule has 1 aromatic rings. The number of carbonyl (C=O) groups excluding carboxylic acids is 1. The fourth-order valence-corrected chi connectivity index (χ4v) is 3.66. The summed E-state index contributed by atoms with van der Waals surface area (Å²) in [6, 6.07) is 3.79. The standard InChI is InChI=1S/C17H22N2O3/c1-12-7-15(12)16(20)19-10-17(11-19)13(4-6-22-17)9-21-14-3-2-5-18-8-14/h2-3,5,8,12-13,15H,4,6-7,9-11H2,1H3/t12-,13-,15+/m1/s1. The summed E-state index contributed by atoms with van der Waals surface area (Å²) >= 11 is 0. The van der Waals surface area contributed by atoms with Gasteiger partial charge in [0, 0.05) is 24.6 Å². The Kier molecular flexibility index (Phi) is 3.33. The Hall–Kier alpha value is -1.62. The van der Waals surface area contributed by atoms with Gasteiger partial charge >= 0.3 is 0 Å². The average Bonchev–Trinajstić information content (AvgIpc) is 3.08. The smallest absolute Gasteiger partial charge is 0.226 e. The average molecular weight is 302 g/mol. The second kappa shape index (κ2) is 5.23. The minimum Gasteiger partial charge on any atom is -0.492 e. The molecule has 0 radical (unpaired) electrons. The lowest BCUT2D eigenvalue weighted by molar-refractivity contribution is -0.168. The van der Waals surface area contributed by atoms with E-state index in [-0.39, 0.29) is 11.5 Å². The third kappa shape index (κ3) is 2.37. The summed E-state index contributed by atoms with van der Waals surface area (Å²) in [5, 5.41) is 0. The maximum Gasteiger partial charge on any atom is 0.226 e. The van der Waals surface area contributed by atoms with Gasteiger partial charge in [-0.2, -0.15) is 0 Å². The summed E-state index contributed by atoms with van der Waals surface area (Å²) in [5.74, 6) is 2.31. The first-order valence-electron chi connectivity index (χ1n) is 8.13. The summed E-state index contributed by atoms with van der Waals surface area (Å²) in [6.45, 7) is 5.01. The van der Waals surface area contributed by atoms with E-state index in [1.54, 1.807) is 12.4 Å². The van der Waals surface area contributed by atoms with Gasteiger partial charge in [0.2, 0.25) is 5.91 Å². The van der Waals surface area contributed by atoms with Crippen molar-refractivity contribution in [2.45, 2.75) is 25.4 Å². The summed E-state index contributed by atoms with van der Waals surface area (Å²) in [4.78, 5) is 18.3. The lowest BCUT2D eigenvalue weighted by atomic mass is 9.81. The van der Waals surface area contributed by atoms with Crippen LogP contribution in [0.3, 0.4) is 0 Å². The van der Waals surface area contributed by atoms with E-state index in [1.165, 1.54) is 0 Å². The number of amides is 1. The van der Waals surface area contributed by atoms with Crippen LogP contribution >= 0.6 is 0 Å². The van der Waals surface area contributed by atoms with Crippen LogP contribution < -0.4 is 4.74 Å². The molecular weight excluding hydrogens is 280 g/mol. The molecule has 0 unspecified atom stereocenters. The molecule has 5 nitrogen and oxygen atoms in total. The van der Waals surface area contributed by atoms with Crippen molar-refractivity contribution in [1.29, 1.82) is 0 Å². The molecule has 1 aliphatic carbocycles. The van der Waals surface area contributed by atoms with Gasteiger partial charge in [0.05, 0.1) is 25.9 Å². The van der Waals surface area contributed by atoms with Crippen molar-refractivity contribution in [3.63, 3.8) is 0 Å². The summed E-state index contributed by atoms with van der Waals surface area (Å²) in [5.41, 5.74) is -0.171. The third-order valence-corrected chi connectivity index (χ3v) is 5.34. The molecule has 0 aromatic carbocycles. The quantitative estimate of drug-likeness (QED) is 0.850. The largest absolute Gasteiger partial charge is 0.492 e. The zero-order valence-corrected chi connectivity index (χ0v) is 12.9. The van der Waals surface area contributed by atoms with Gasteiger partial charge < -0.3 is 14.4 Å². The molecule has 1 aromatic heterocycles. The van der Waals surface area contributed by atoms with Crippen molar-refractivity contribution in [2.75, 3.05) is 26.3 Å². The monoisotopic (exact) mass is 302 g/mol. The Bertz CT molecular complexity index is 556. The highest BCUT2D eigenvalue weighted by Gasteiger charge is 2.56. The summed E-state index contributed by atoms with van der Waals surface area (Å²) in [6.07, 6.45) is 5.52. The predicted molar refractivity (Wildman–Crippen MR) is 80.4 cm³/mol. The molecule has 0 N–H and O–H groups in total. The van der Waals surface area contributed by atoms with Crippen LogP contribution in [0.4, 0.5) is 0 Å². The van der Waals surface area contributed by atoms with Crippen LogP contribution in [-0.4, -0.2) is 47.7 Å². The highest BCUT2D eigenvalue weighted by Crippen LogP contribution is 2.45. The summed E-state index contributed by atoms with van der Waals surface area (Å²) in [7, 11) is 0. The van der Waals surface area contributed by atoms with E-state index in [4.69, 9.17) is 9.47 Å². The van der Waals surface area contributed by atoms with Gasteiger partial charge in [0.25, 0.3) is 0 Å². The second-order valence-electron chi connectivity index (χ2n) is 6.91. The molecule has 2 aliphatic heterocycles. The van der Waals surface area contributed by atoms with Crippen LogP contribution in [0, 0.1) is 17.8 Å². The molecule has 3 atom stereocenters. The predicted octanol–water partition coefficient (Wildman–Crippen LogP) is 1.73. The number of carbonyl (C=O) groups is 1. The third-order valence-electron chi connectivity index (χ3n) is 5.34. The van der Waals surface area contributed by atoms with Crippen molar-refractivity contribution in [3.05, 3.63) is 24.5 Å². The van der Waals surface area contributed by atoms with Gasteiger partial charge in [0.1, 0.15) is 11.4 Å². The van der Waals surface area contributed by atoms with E-state index in [1.807, 2.05) is 17.0 Å². The molecule has 22 heavy (non-hydrogen) atoms. The van der Waals surface area contributed by atoms with Crippen molar-refractivity contribution >= 4 is 5.91 Å². The Morgan fingerprint density at radius 1 is 1.55 bits per heavy atom. The van der Waals surface area contributed by atoms with Gasteiger partial charge in [-0.15, -0.1) is 0 Å². The first-order valence-corrected chi connectivity index (χ1v) is 8.13. The minimum absolute atomic E-state index is 0.171. The molecule has 3 heterocycles. The van der Waals surface area contributed by atoms with Crippen molar-refractivity contribution in [2.24, 2.45) is 17.8 Å². The molecule has 1 saturated carbocycles. The molecule has 1 amide bonds. The maximum absolute atomic E-state index is 12.3. The molecule has 4 rings (SSSR count). The molecule has 5 heteroatoms. The van der Waals surface area contributed by atoms with Crippen LogP contribution in [0.2, 0.25) is 0 Å². The topological polar surface area (TPSA) is 51.7 Å². The van der Waals surface area contributed by atoms with E-state index >= 15 is 0 Å². The number of rotatable bonds is 4. The Morgan fingerprint density at radius 2 is 2.36 bits per heavy atom. The van der Waals surface area contributed by atoms with Crippen molar-refractivity contribution in [1.82, 2.24) is 9.88 Å². The van der Waals surface area contributed by atoms with Gasteiger partial charge in [-0.1, -0.05) is 6.92 Å². The number of aromatic nitrogens is 1. The van der Waals surface area contributed by atoms with E-state index in [0.29, 0.717) is 24.3 Å². The zero-order chi connectivity index (χ0) is 15.2. The van der Waals surface area contributed by atoms with Gasteiger partial charge in [0.15, 0.2) is 0 Å². The zero-order valence-electron chi connectivity index (χ0n) is 12.9. The van der Waals surface area contributed by atoms with Crippen LogP contribution in [-0.2, 0) is 9.53 Å². The van der Waals surface area contributed by atoms with Crippen molar-refractivity contribution < 1.29 is 14.3 Å². The fraction of sp³-hybridized carbons (Fsp3) is 0.647. The first-order chi connectivity index (χ1) is 10.7. The molecule has 3 fully saturated rings. The molecule has 3 aliphatic rings. The highest BCUT2D eigenvalue weighted by molar-refractivity contribution is 5.82. The van der Waals surface area contributed by atoms with Crippen LogP contribution in [0.5, 0.6) is 5.75 Å². The van der Waals surface area contributed by atoms with Gasteiger partial charge in [-0.05, 0) is 30.9 Å².